The lowest BCUT2D eigenvalue weighted by molar-refractivity contribution is -0.113. The summed E-state index contributed by atoms with van der Waals surface area (Å²) in [6, 6.07) is 33.1. The molecule has 4 nitrogen and oxygen atoms in total. The van der Waals surface area contributed by atoms with Crippen LogP contribution < -0.4 is 15.4 Å². The standard InChI is InChI=1S/C33H32N2O2/c1-24-7-11-27(12-8-24)28-13-16-32-30(21-28)22-29(18-20-37-32)33(36)35-31-14-9-26(10-15-31)23-34-19-17-25-5-3-2-4-6-25/h2-16,21-22,34H,17-20,23H2,1H3,(H,35,36). The number of benzene rings is 4. The highest BCUT2D eigenvalue weighted by Gasteiger charge is 2.16. The third-order valence-electron chi connectivity index (χ3n) is 6.62. The van der Waals surface area contributed by atoms with Gasteiger partial charge in [-0.25, -0.2) is 0 Å². The first-order chi connectivity index (χ1) is 18.1. The number of anilines is 1. The molecular formula is C33H32N2O2. The maximum atomic E-state index is 13.1. The van der Waals surface area contributed by atoms with Crippen molar-refractivity contribution in [3.63, 3.8) is 0 Å². The Hall–Kier alpha value is -4.15. The Balaban J connectivity index is 1.20. The van der Waals surface area contributed by atoms with Crippen molar-refractivity contribution >= 4 is 17.7 Å². The van der Waals surface area contributed by atoms with Gasteiger partial charge in [0.15, 0.2) is 0 Å². The van der Waals surface area contributed by atoms with E-state index in [1.807, 2.05) is 30.3 Å². The summed E-state index contributed by atoms with van der Waals surface area (Å²) >= 11 is 0. The third-order valence-corrected chi connectivity index (χ3v) is 6.62. The van der Waals surface area contributed by atoms with E-state index in [1.54, 1.807) is 0 Å². The average molecular weight is 489 g/mol. The Morgan fingerprint density at radius 3 is 2.38 bits per heavy atom. The van der Waals surface area contributed by atoms with Gasteiger partial charge in [-0.2, -0.15) is 0 Å². The first-order valence-corrected chi connectivity index (χ1v) is 12.8. The summed E-state index contributed by atoms with van der Waals surface area (Å²) in [7, 11) is 0. The molecule has 1 aliphatic rings. The van der Waals surface area contributed by atoms with Gasteiger partial charge in [-0.1, -0.05) is 78.4 Å². The minimum Gasteiger partial charge on any atom is -0.493 e. The van der Waals surface area contributed by atoms with Crippen LogP contribution in [0.15, 0.2) is 103 Å². The average Bonchev–Trinajstić information content (AvgIpc) is 3.15. The molecule has 0 aromatic heterocycles. The second-order valence-corrected chi connectivity index (χ2v) is 9.45. The molecule has 5 rings (SSSR count). The highest BCUT2D eigenvalue weighted by Crippen LogP contribution is 2.31. The van der Waals surface area contributed by atoms with Crippen LogP contribution in [0.4, 0.5) is 5.69 Å². The minimum atomic E-state index is -0.0917. The number of carbonyl (C=O) groups excluding carboxylic acids is 1. The van der Waals surface area contributed by atoms with Crippen molar-refractivity contribution in [3.05, 3.63) is 125 Å². The Morgan fingerprint density at radius 1 is 0.838 bits per heavy atom. The first kappa shape index (κ1) is 24.5. The number of aryl methyl sites for hydroxylation is 1. The summed E-state index contributed by atoms with van der Waals surface area (Å²) in [6.07, 6.45) is 3.52. The zero-order chi connectivity index (χ0) is 25.5. The van der Waals surface area contributed by atoms with Crippen molar-refractivity contribution in [2.75, 3.05) is 18.5 Å². The molecule has 186 valence electrons. The minimum absolute atomic E-state index is 0.0917. The van der Waals surface area contributed by atoms with Gasteiger partial charge in [-0.05, 0) is 72.5 Å². The fourth-order valence-corrected chi connectivity index (χ4v) is 4.46. The summed E-state index contributed by atoms with van der Waals surface area (Å²) in [5.41, 5.74) is 8.43. The van der Waals surface area contributed by atoms with E-state index in [0.717, 1.165) is 47.6 Å². The fraction of sp³-hybridized carbons (Fsp3) is 0.182. The van der Waals surface area contributed by atoms with Gasteiger partial charge in [-0.3, -0.25) is 4.79 Å². The van der Waals surface area contributed by atoms with Crippen LogP contribution in [0.3, 0.4) is 0 Å². The molecule has 0 unspecified atom stereocenters. The molecule has 0 radical (unpaired) electrons. The van der Waals surface area contributed by atoms with Gasteiger partial charge in [0.05, 0.1) is 6.61 Å². The van der Waals surface area contributed by atoms with Crippen LogP contribution in [-0.4, -0.2) is 19.1 Å². The van der Waals surface area contributed by atoms with Crippen LogP contribution >= 0.6 is 0 Å². The van der Waals surface area contributed by atoms with Gasteiger partial charge in [0.2, 0.25) is 0 Å². The maximum absolute atomic E-state index is 13.1. The lowest BCUT2D eigenvalue weighted by Gasteiger charge is -2.09. The molecule has 1 aliphatic heterocycles. The summed E-state index contributed by atoms with van der Waals surface area (Å²) in [4.78, 5) is 13.1. The van der Waals surface area contributed by atoms with E-state index in [-0.39, 0.29) is 5.91 Å². The summed E-state index contributed by atoms with van der Waals surface area (Å²) in [5.74, 6) is 0.716. The Labute approximate surface area is 219 Å². The maximum Gasteiger partial charge on any atom is 0.251 e. The smallest absolute Gasteiger partial charge is 0.251 e. The predicted molar refractivity (Wildman–Crippen MR) is 152 cm³/mol. The van der Waals surface area contributed by atoms with E-state index in [9.17, 15) is 4.79 Å². The van der Waals surface area contributed by atoms with Gasteiger partial charge in [0.25, 0.3) is 5.91 Å². The predicted octanol–water partition coefficient (Wildman–Crippen LogP) is 6.80. The molecule has 37 heavy (non-hydrogen) atoms. The highest BCUT2D eigenvalue weighted by molar-refractivity contribution is 6.07. The van der Waals surface area contributed by atoms with E-state index in [4.69, 9.17) is 4.74 Å². The molecular weight excluding hydrogens is 456 g/mol. The number of nitrogens with one attached hydrogen (secondary N) is 2. The van der Waals surface area contributed by atoms with Crippen LogP contribution in [0, 0.1) is 6.92 Å². The molecule has 0 saturated heterocycles. The fourth-order valence-electron chi connectivity index (χ4n) is 4.46. The number of rotatable bonds is 8. The van der Waals surface area contributed by atoms with Gasteiger partial charge < -0.3 is 15.4 Å². The highest BCUT2D eigenvalue weighted by atomic mass is 16.5. The molecule has 0 saturated carbocycles. The Bertz CT molecular complexity index is 1370. The summed E-state index contributed by atoms with van der Waals surface area (Å²) < 4.78 is 5.94. The van der Waals surface area contributed by atoms with Gasteiger partial charge in [-0.15, -0.1) is 0 Å². The van der Waals surface area contributed by atoms with Gasteiger partial charge in [0, 0.05) is 29.8 Å². The third kappa shape index (κ3) is 6.54. The molecule has 4 aromatic rings. The number of fused-ring (bicyclic) bond motifs is 1. The van der Waals surface area contributed by atoms with Gasteiger partial charge >= 0.3 is 0 Å². The summed E-state index contributed by atoms with van der Waals surface area (Å²) in [6.45, 7) is 4.28. The normalized spacial score (nSPS) is 12.6. The monoisotopic (exact) mass is 488 g/mol. The quantitative estimate of drug-likeness (QED) is 0.268. The van der Waals surface area contributed by atoms with Crippen LogP contribution in [0.5, 0.6) is 5.75 Å². The largest absolute Gasteiger partial charge is 0.493 e. The van der Waals surface area contributed by atoms with Crippen LogP contribution in [0.1, 0.15) is 28.7 Å². The number of hydrogen-bond acceptors (Lipinski definition) is 3. The van der Waals surface area contributed by atoms with Crippen molar-refractivity contribution < 1.29 is 9.53 Å². The molecule has 1 heterocycles. The lowest BCUT2D eigenvalue weighted by Crippen LogP contribution is -2.17. The molecule has 1 amide bonds. The van der Waals surface area contributed by atoms with E-state index in [1.165, 1.54) is 16.7 Å². The zero-order valence-electron chi connectivity index (χ0n) is 21.2. The topological polar surface area (TPSA) is 50.4 Å². The number of carbonyl (C=O) groups is 1. The molecule has 2 N–H and O–H groups in total. The van der Waals surface area contributed by atoms with Crippen molar-refractivity contribution in [2.45, 2.75) is 26.3 Å². The lowest BCUT2D eigenvalue weighted by atomic mass is 10.00. The Kier molecular flexibility index (Phi) is 7.78. The SMILES string of the molecule is Cc1ccc(-c2ccc3c(c2)C=C(C(=O)Nc2ccc(CNCCc4ccccc4)cc2)CCO3)cc1. The van der Waals surface area contributed by atoms with Crippen molar-refractivity contribution in [1.82, 2.24) is 5.32 Å². The molecule has 0 atom stereocenters. The van der Waals surface area contributed by atoms with E-state index in [2.05, 4.69) is 90.4 Å². The second kappa shape index (κ2) is 11.7. The molecule has 0 spiro atoms. The van der Waals surface area contributed by atoms with E-state index >= 15 is 0 Å². The van der Waals surface area contributed by atoms with Crippen LogP contribution in [0.2, 0.25) is 0 Å². The van der Waals surface area contributed by atoms with Crippen LogP contribution in [0.25, 0.3) is 17.2 Å². The zero-order valence-corrected chi connectivity index (χ0v) is 21.2. The number of ether oxygens (including phenoxy) is 1. The Morgan fingerprint density at radius 2 is 1.59 bits per heavy atom. The summed E-state index contributed by atoms with van der Waals surface area (Å²) in [5, 5.41) is 6.54. The second-order valence-electron chi connectivity index (χ2n) is 9.45. The van der Waals surface area contributed by atoms with Crippen molar-refractivity contribution in [3.8, 4) is 16.9 Å². The van der Waals surface area contributed by atoms with Crippen molar-refractivity contribution in [1.29, 1.82) is 0 Å². The van der Waals surface area contributed by atoms with E-state index < -0.39 is 0 Å². The molecule has 0 bridgehead atoms. The van der Waals surface area contributed by atoms with Crippen molar-refractivity contribution in [2.24, 2.45) is 0 Å². The first-order valence-electron chi connectivity index (χ1n) is 12.8. The molecule has 0 aliphatic carbocycles. The van der Waals surface area contributed by atoms with Crippen LogP contribution in [-0.2, 0) is 17.8 Å². The molecule has 4 heteroatoms. The number of hydrogen-bond donors (Lipinski definition) is 2. The van der Waals surface area contributed by atoms with Gasteiger partial charge in [0.1, 0.15) is 5.75 Å². The molecule has 4 aromatic carbocycles. The van der Waals surface area contributed by atoms with E-state index in [0.29, 0.717) is 18.6 Å². The number of amides is 1. The molecule has 0 fully saturated rings.